The normalized spacial score (nSPS) is 16.4. The van der Waals surface area contributed by atoms with Gasteiger partial charge in [0, 0.05) is 19.6 Å². The van der Waals surface area contributed by atoms with Crippen LogP contribution in [0, 0.1) is 0 Å². The molecular formula is C12H23N3O4. The Morgan fingerprint density at radius 3 is 2.58 bits per heavy atom. The van der Waals surface area contributed by atoms with E-state index in [0.717, 1.165) is 13.0 Å². The Morgan fingerprint density at radius 2 is 2.00 bits per heavy atom. The van der Waals surface area contributed by atoms with Crippen molar-refractivity contribution >= 4 is 12.0 Å². The maximum atomic E-state index is 11.8. The first kappa shape index (κ1) is 15.7. The zero-order chi connectivity index (χ0) is 14.1. The fourth-order valence-corrected chi connectivity index (χ4v) is 1.99. The number of likely N-dealkylation sites (tertiary alicyclic amines) is 1. The quantitative estimate of drug-likeness (QED) is 0.562. The maximum Gasteiger partial charge on any atom is 0.329 e. The first-order chi connectivity index (χ1) is 9.13. The lowest BCUT2D eigenvalue weighted by Crippen LogP contribution is -2.46. The van der Waals surface area contributed by atoms with Gasteiger partial charge in [0.1, 0.15) is 6.61 Å². The van der Waals surface area contributed by atoms with Crippen molar-refractivity contribution in [3.05, 3.63) is 0 Å². The second kappa shape index (κ2) is 8.71. The number of piperidine rings is 1. The van der Waals surface area contributed by atoms with Gasteiger partial charge in [0.15, 0.2) is 0 Å². The standard InChI is InChI=1S/C12H23N3O4/c1-13-5-2-6-14-12(18)15-7-3-10(4-8-15)19-9-11(16)17/h10,13H,2-9H2,1H3,(H,14,18)(H,16,17). The zero-order valence-electron chi connectivity index (χ0n) is 11.4. The third-order valence-electron chi connectivity index (χ3n) is 3.05. The summed E-state index contributed by atoms with van der Waals surface area (Å²) in [5.74, 6) is -0.954. The number of ether oxygens (including phenoxy) is 1. The molecule has 19 heavy (non-hydrogen) atoms. The van der Waals surface area contributed by atoms with Gasteiger partial charge >= 0.3 is 12.0 Å². The van der Waals surface area contributed by atoms with Crippen LogP contribution in [0.1, 0.15) is 19.3 Å². The molecule has 3 N–H and O–H groups in total. The summed E-state index contributed by atoms with van der Waals surface area (Å²) in [6, 6.07) is -0.0483. The van der Waals surface area contributed by atoms with Crippen LogP contribution in [0.2, 0.25) is 0 Å². The molecule has 110 valence electrons. The lowest BCUT2D eigenvalue weighted by Gasteiger charge is -2.31. The van der Waals surface area contributed by atoms with E-state index in [1.807, 2.05) is 7.05 Å². The summed E-state index contributed by atoms with van der Waals surface area (Å²) in [5.41, 5.74) is 0. The second-order valence-electron chi connectivity index (χ2n) is 4.58. The average Bonchev–Trinajstić information content (AvgIpc) is 2.41. The molecule has 0 aliphatic carbocycles. The monoisotopic (exact) mass is 273 g/mol. The van der Waals surface area contributed by atoms with E-state index in [2.05, 4.69) is 10.6 Å². The first-order valence-electron chi connectivity index (χ1n) is 6.64. The van der Waals surface area contributed by atoms with Crippen molar-refractivity contribution < 1.29 is 19.4 Å². The number of carboxylic acids is 1. The van der Waals surface area contributed by atoms with E-state index < -0.39 is 5.97 Å². The molecule has 0 bridgehead atoms. The van der Waals surface area contributed by atoms with Gasteiger partial charge in [-0.2, -0.15) is 0 Å². The number of nitrogens with one attached hydrogen (secondary N) is 2. The van der Waals surface area contributed by atoms with E-state index in [0.29, 0.717) is 32.5 Å². The molecule has 0 saturated carbocycles. The second-order valence-corrected chi connectivity index (χ2v) is 4.58. The summed E-state index contributed by atoms with van der Waals surface area (Å²) in [7, 11) is 1.88. The number of aliphatic carboxylic acids is 1. The highest BCUT2D eigenvalue weighted by molar-refractivity contribution is 5.74. The smallest absolute Gasteiger partial charge is 0.329 e. The van der Waals surface area contributed by atoms with Gasteiger partial charge in [0.2, 0.25) is 0 Å². The number of carboxylic acid groups (broad SMARTS) is 1. The van der Waals surface area contributed by atoms with E-state index in [9.17, 15) is 9.59 Å². The number of hydrogen-bond acceptors (Lipinski definition) is 4. The van der Waals surface area contributed by atoms with Crippen LogP contribution in [0.4, 0.5) is 4.79 Å². The molecule has 1 saturated heterocycles. The molecule has 1 fully saturated rings. The molecule has 2 amide bonds. The predicted molar refractivity (Wildman–Crippen MR) is 70.1 cm³/mol. The summed E-state index contributed by atoms with van der Waals surface area (Å²) in [6.45, 7) is 2.51. The van der Waals surface area contributed by atoms with Crippen molar-refractivity contribution in [2.75, 3.05) is 39.8 Å². The molecule has 0 aromatic carbocycles. The molecule has 0 aromatic rings. The van der Waals surface area contributed by atoms with Crippen molar-refractivity contribution in [2.45, 2.75) is 25.4 Å². The predicted octanol–water partition coefficient (Wildman–Crippen LogP) is -0.129. The molecule has 1 heterocycles. The topological polar surface area (TPSA) is 90.9 Å². The lowest BCUT2D eigenvalue weighted by atomic mass is 10.1. The third-order valence-corrected chi connectivity index (χ3v) is 3.05. The largest absolute Gasteiger partial charge is 0.480 e. The fourth-order valence-electron chi connectivity index (χ4n) is 1.99. The number of rotatable bonds is 7. The van der Waals surface area contributed by atoms with Gasteiger partial charge in [-0.15, -0.1) is 0 Å². The maximum absolute atomic E-state index is 11.8. The molecule has 0 spiro atoms. The van der Waals surface area contributed by atoms with E-state index in [-0.39, 0.29) is 18.7 Å². The van der Waals surface area contributed by atoms with Crippen molar-refractivity contribution in [1.29, 1.82) is 0 Å². The molecule has 0 unspecified atom stereocenters. The number of carbonyl (C=O) groups is 2. The highest BCUT2D eigenvalue weighted by atomic mass is 16.5. The van der Waals surface area contributed by atoms with Crippen molar-refractivity contribution in [3.63, 3.8) is 0 Å². The van der Waals surface area contributed by atoms with Crippen LogP contribution in [0.25, 0.3) is 0 Å². The number of carbonyl (C=O) groups excluding carboxylic acids is 1. The zero-order valence-corrected chi connectivity index (χ0v) is 11.4. The molecule has 0 atom stereocenters. The summed E-state index contributed by atoms with van der Waals surface area (Å²) in [4.78, 5) is 23.9. The van der Waals surface area contributed by atoms with Gasteiger partial charge in [-0.05, 0) is 32.9 Å². The molecule has 1 rings (SSSR count). The Labute approximate surface area is 113 Å². The van der Waals surface area contributed by atoms with E-state index >= 15 is 0 Å². The van der Waals surface area contributed by atoms with Crippen molar-refractivity contribution in [1.82, 2.24) is 15.5 Å². The minimum absolute atomic E-state index is 0.0483. The molecular weight excluding hydrogens is 250 g/mol. The van der Waals surface area contributed by atoms with Crippen LogP contribution >= 0.6 is 0 Å². The summed E-state index contributed by atoms with van der Waals surface area (Å²) < 4.78 is 5.22. The number of nitrogens with zero attached hydrogens (tertiary/aromatic N) is 1. The Hall–Kier alpha value is -1.34. The van der Waals surface area contributed by atoms with Gasteiger partial charge in [0.25, 0.3) is 0 Å². The highest BCUT2D eigenvalue weighted by Gasteiger charge is 2.23. The molecule has 7 heteroatoms. The SMILES string of the molecule is CNCCCNC(=O)N1CCC(OCC(=O)O)CC1. The number of hydrogen-bond donors (Lipinski definition) is 3. The summed E-state index contributed by atoms with van der Waals surface area (Å²) >= 11 is 0. The Kier molecular flexibility index (Phi) is 7.20. The fraction of sp³-hybridized carbons (Fsp3) is 0.833. The number of amides is 2. The summed E-state index contributed by atoms with van der Waals surface area (Å²) in [5, 5.41) is 14.4. The molecule has 0 radical (unpaired) electrons. The minimum atomic E-state index is -0.954. The minimum Gasteiger partial charge on any atom is -0.480 e. The van der Waals surface area contributed by atoms with Crippen LogP contribution in [-0.4, -0.2) is 67.9 Å². The van der Waals surface area contributed by atoms with Crippen LogP contribution < -0.4 is 10.6 Å². The molecule has 7 nitrogen and oxygen atoms in total. The third kappa shape index (κ3) is 6.40. The molecule has 0 aromatic heterocycles. The Bertz CT molecular complexity index is 291. The Balaban J connectivity index is 2.14. The van der Waals surface area contributed by atoms with Gasteiger partial charge in [-0.25, -0.2) is 9.59 Å². The van der Waals surface area contributed by atoms with Gasteiger partial charge < -0.3 is 25.4 Å². The molecule has 1 aliphatic heterocycles. The Morgan fingerprint density at radius 1 is 1.32 bits per heavy atom. The van der Waals surface area contributed by atoms with Crippen molar-refractivity contribution in [2.24, 2.45) is 0 Å². The first-order valence-corrected chi connectivity index (χ1v) is 6.64. The van der Waals surface area contributed by atoms with Crippen LogP contribution in [0.5, 0.6) is 0 Å². The van der Waals surface area contributed by atoms with Gasteiger partial charge in [0.05, 0.1) is 6.10 Å². The van der Waals surface area contributed by atoms with Gasteiger partial charge in [-0.1, -0.05) is 0 Å². The highest BCUT2D eigenvalue weighted by Crippen LogP contribution is 2.13. The lowest BCUT2D eigenvalue weighted by molar-refractivity contribution is -0.145. The summed E-state index contributed by atoms with van der Waals surface area (Å²) in [6.07, 6.45) is 2.24. The van der Waals surface area contributed by atoms with E-state index in [1.165, 1.54) is 0 Å². The van der Waals surface area contributed by atoms with E-state index in [1.54, 1.807) is 4.90 Å². The van der Waals surface area contributed by atoms with E-state index in [4.69, 9.17) is 9.84 Å². The van der Waals surface area contributed by atoms with Crippen LogP contribution in [0.3, 0.4) is 0 Å². The van der Waals surface area contributed by atoms with Crippen molar-refractivity contribution in [3.8, 4) is 0 Å². The number of urea groups is 1. The molecule has 1 aliphatic rings. The average molecular weight is 273 g/mol. The van der Waals surface area contributed by atoms with Crippen LogP contribution in [-0.2, 0) is 9.53 Å². The van der Waals surface area contributed by atoms with Crippen LogP contribution in [0.15, 0.2) is 0 Å². The van der Waals surface area contributed by atoms with Gasteiger partial charge in [-0.3, -0.25) is 0 Å².